The van der Waals surface area contributed by atoms with Crippen molar-refractivity contribution < 1.29 is 29.3 Å². The monoisotopic (exact) mass is 584 g/mol. The van der Waals surface area contributed by atoms with Crippen LogP contribution in [-0.2, 0) is 14.3 Å². The Morgan fingerprint density at radius 1 is 1.21 bits per heavy atom. The van der Waals surface area contributed by atoms with Gasteiger partial charge in [0.2, 0.25) is 11.8 Å². The summed E-state index contributed by atoms with van der Waals surface area (Å²) in [5.41, 5.74) is 0.457. The molecule has 1 aromatic carbocycles. The standard InChI is InChI=1S/C25H33IN2O6/c26-19-7-3-4-8-21(19)34-22-14-17(24(31)27-10-11-29)13-20(23(22)30)28(18-5-1-2-6-18)25(32)16-9-12-33-15-16/h3-4,7-8,14,16,18,20,22-23,29-30H,1-2,5-6,9-13,15H2,(H,27,31). The Hall–Kier alpha value is -1.69. The molecule has 186 valence electrons. The third kappa shape index (κ3) is 5.75. The van der Waals surface area contributed by atoms with Crippen molar-refractivity contribution in [3.63, 3.8) is 0 Å². The van der Waals surface area contributed by atoms with Crippen LogP contribution in [0.5, 0.6) is 5.75 Å². The molecule has 3 N–H and O–H groups in total. The van der Waals surface area contributed by atoms with E-state index in [4.69, 9.17) is 14.6 Å². The highest BCUT2D eigenvalue weighted by molar-refractivity contribution is 14.1. The van der Waals surface area contributed by atoms with Gasteiger partial charge in [-0.1, -0.05) is 25.0 Å². The average Bonchev–Trinajstić information content (AvgIpc) is 3.56. The van der Waals surface area contributed by atoms with Gasteiger partial charge in [-0.05, 0) is 60.1 Å². The molecule has 34 heavy (non-hydrogen) atoms. The lowest BCUT2D eigenvalue weighted by Gasteiger charge is -2.44. The number of aliphatic hydroxyl groups is 2. The topological polar surface area (TPSA) is 108 Å². The number of carbonyl (C=O) groups excluding carboxylic acids is 2. The smallest absolute Gasteiger partial charge is 0.247 e. The predicted molar refractivity (Wildman–Crippen MR) is 134 cm³/mol. The van der Waals surface area contributed by atoms with Gasteiger partial charge < -0.3 is 29.9 Å². The quantitative estimate of drug-likeness (QED) is 0.404. The first-order valence-electron chi connectivity index (χ1n) is 12.1. The Kier molecular flexibility index (Phi) is 8.84. The van der Waals surface area contributed by atoms with E-state index in [0.29, 0.717) is 31.0 Å². The number of hydrogen-bond donors (Lipinski definition) is 3. The van der Waals surface area contributed by atoms with E-state index in [2.05, 4.69) is 27.9 Å². The largest absolute Gasteiger partial charge is 0.482 e. The Bertz CT molecular complexity index is 897. The lowest BCUT2D eigenvalue weighted by Crippen LogP contribution is -2.58. The summed E-state index contributed by atoms with van der Waals surface area (Å²) in [6.07, 6.45) is 4.65. The van der Waals surface area contributed by atoms with E-state index in [1.807, 2.05) is 29.2 Å². The molecule has 1 aromatic rings. The van der Waals surface area contributed by atoms with Gasteiger partial charge in [0.05, 0.1) is 28.7 Å². The van der Waals surface area contributed by atoms with Crippen LogP contribution in [0.1, 0.15) is 38.5 Å². The van der Waals surface area contributed by atoms with Crippen molar-refractivity contribution in [2.75, 3.05) is 26.4 Å². The van der Waals surface area contributed by atoms with Crippen molar-refractivity contribution in [1.29, 1.82) is 0 Å². The lowest BCUT2D eigenvalue weighted by molar-refractivity contribution is -0.146. The molecule has 4 unspecified atom stereocenters. The van der Waals surface area contributed by atoms with E-state index in [-0.39, 0.29) is 43.3 Å². The van der Waals surface area contributed by atoms with E-state index in [1.54, 1.807) is 6.08 Å². The Morgan fingerprint density at radius 3 is 2.65 bits per heavy atom. The highest BCUT2D eigenvalue weighted by Crippen LogP contribution is 2.35. The van der Waals surface area contributed by atoms with Crippen LogP contribution in [-0.4, -0.2) is 77.6 Å². The van der Waals surface area contributed by atoms with Crippen molar-refractivity contribution in [3.8, 4) is 5.75 Å². The molecule has 0 bridgehead atoms. The molecular weight excluding hydrogens is 551 g/mol. The van der Waals surface area contributed by atoms with Crippen molar-refractivity contribution in [3.05, 3.63) is 39.5 Å². The number of carbonyl (C=O) groups is 2. The number of ether oxygens (including phenoxy) is 2. The van der Waals surface area contributed by atoms with Crippen LogP contribution in [0.2, 0.25) is 0 Å². The fourth-order valence-corrected chi connectivity index (χ4v) is 5.69. The van der Waals surface area contributed by atoms with Crippen LogP contribution in [0.25, 0.3) is 0 Å². The second-order valence-electron chi connectivity index (χ2n) is 9.19. The molecule has 2 amide bonds. The first-order chi connectivity index (χ1) is 16.5. The molecule has 2 fully saturated rings. The van der Waals surface area contributed by atoms with E-state index < -0.39 is 18.2 Å². The molecule has 2 aliphatic carbocycles. The Labute approximate surface area is 213 Å². The van der Waals surface area contributed by atoms with Gasteiger partial charge in [-0.3, -0.25) is 9.59 Å². The van der Waals surface area contributed by atoms with Crippen LogP contribution >= 0.6 is 22.6 Å². The summed E-state index contributed by atoms with van der Waals surface area (Å²) in [4.78, 5) is 28.4. The Balaban J connectivity index is 1.66. The van der Waals surface area contributed by atoms with Gasteiger partial charge in [0.1, 0.15) is 18.0 Å². The summed E-state index contributed by atoms with van der Waals surface area (Å²) in [7, 11) is 0. The number of amides is 2. The maximum atomic E-state index is 13.7. The van der Waals surface area contributed by atoms with Crippen molar-refractivity contribution in [1.82, 2.24) is 10.2 Å². The van der Waals surface area contributed by atoms with Crippen molar-refractivity contribution >= 4 is 34.4 Å². The molecule has 0 aromatic heterocycles. The van der Waals surface area contributed by atoms with Gasteiger partial charge in [-0.2, -0.15) is 0 Å². The van der Waals surface area contributed by atoms with Gasteiger partial charge in [-0.25, -0.2) is 0 Å². The summed E-state index contributed by atoms with van der Waals surface area (Å²) in [6.45, 7) is 0.930. The molecule has 1 heterocycles. The van der Waals surface area contributed by atoms with Crippen molar-refractivity contribution in [2.24, 2.45) is 5.92 Å². The molecule has 8 nitrogen and oxygen atoms in total. The van der Waals surface area contributed by atoms with E-state index in [1.165, 1.54) is 0 Å². The molecule has 9 heteroatoms. The van der Waals surface area contributed by atoms with Crippen LogP contribution < -0.4 is 10.1 Å². The van der Waals surface area contributed by atoms with Gasteiger partial charge >= 0.3 is 0 Å². The summed E-state index contributed by atoms with van der Waals surface area (Å²) < 4.78 is 12.6. The fraction of sp³-hybridized carbons (Fsp3) is 0.600. The second-order valence-corrected chi connectivity index (χ2v) is 10.4. The zero-order valence-electron chi connectivity index (χ0n) is 19.2. The van der Waals surface area contributed by atoms with Crippen LogP contribution in [0.4, 0.5) is 0 Å². The second kappa shape index (κ2) is 11.8. The normalized spacial score (nSPS) is 27.3. The highest BCUT2D eigenvalue weighted by atomic mass is 127. The van der Waals surface area contributed by atoms with E-state index >= 15 is 0 Å². The first-order valence-corrected chi connectivity index (χ1v) is 13.2. The molecule has 1 saturated carbocycles. The van der Waals surface area contributed by atoms with Gasteiger partial charge in [0, 0.05) is 31.2 Å². The van der Waals surface area contributed by atoms with Crippen LogP contribution in [0.3, 0.4) is 0 Å². The minimum absolute atomic E-state index is 0.00138. The number of nitrogens with one attached hydrogen (secondary N) is 1. The lowest BCUT2D eigenvalue weighted by atomic mass is 9.86. The summed E-state index contributed by atoms with van der Waals surface area (Å²) >= 11 is 2.17. The molecule has 0 spiro atoms. The number of hydrogen-bond acceptors (Lipinski definition) is 6. The summed E-state index contributed by atoms with van der Waals surface area (Å²) in [6, 6.07) is 6.95. The third-order valence-corrected chi connectivity index (χ3v) is 7.81. The summed E-state index contributed by atoms with van der Waals surface area (Å²) in [5, 5.41) is 23.4. The highest BCUT2D eigenvalue weighted by Gasteiger charge is 2.45. The number of aliphatic hydroxyl groups excluding tert-OH is 2. The number of para-hydroxylation sites is 1. The molecular formula is C25H33IN2O6. The van der Waals surface area contributed by atoms with E-state index in [0.717, 1.165) is 29.3 Å². The Morgan fingerprint density at radius 2 is 1.97 bits per heavy atom. The SMILES string of the molecule is O=C(NCCO)C1=CC(Oc2ccccc2I)C(O)C(N(C(=O)C2CCOC2)C2CCCC2)C1. The van der Waals surface area contributed by atoms with Crippen LogP contribution in [0, 0.1) is 9.49 Å². The maximum Gasteiger partial charge on any atom is 0.247 e. The first kappa shape index (κ1) is 25.4. The van der Waals surface area contributed by atoms with Gasteiger partial charge in [0.25, 0.3) is 0 Å². The average molecular weight is 584 g/mol. The van der Waals surface area contributed by atoms with Crippen LogP contribution in [0.15, 0.2) is 35.9 Å². The molecule has 1 aliphatic heterocycles. The van der Waals surface area contributed by atoms with Gasteiger partial charge in [-0.15, -0.1) is 0 Å². The molecule has 3 aliphatic rings. The zero-order valence-corrected chi connectivity index (χ0v) is 21.4. The maximum absolute atomic E-state index is 13.7. The third-order valence-electron chi connectivity index (χ3n) is 6.92. The molecule has 4 atom stereocenters. The molecule has 4 rings (SSSR count). The minimum Gasteiger partial charge on any atom is -0.482 e. The van der Waals surface area contributed by atoms with E-state index in [9.17, 15) is 14.7 Å². The number of nitrogens with zero attached hydrogens (tertiary/aromatic N) is 1. The summed E-state index contributed by atoms with van der Waals surface area (Å²) in [5.74, 6) is 0.0748. The predicted octanol–water partition coefficient (Wildman–Crippen LogP) is 2.01. The molecule has 1 saturated heterocycles. The fourth-order valence-electron chi connectivity index (χ4n) is 5.17. The number of rotatable bonds is 8. The zero-order chi connectivity index (χ0) is 24.1. The van der Waals surface area contributed by atoms with Gasteiger partial charge in [0.15, 0.2) is 0 Å². The minimum atomic E-state index is -0.989. The molecule has 0 radical (unpaired) electrons. The van der Waals surface area contributed by atoms with Crippen molar-refractivity contribution in [2.45, 2.75) is 62.8 Å². The number of halogens is 1. The number of benzene rings is 1.